The molecule has 0 saturated carbocycles. The maximum absolute atomic E-state index is 12.4. The lowest BCUT2D eigenvalue weighted by Crippen LogP contribution is -2.25. The van der Waals surface area contributed by atoms with Crippen molar-refractivity contribution in [3.05, 3.63) is 102 Å². The van der Waals surface area contributed by atoms with Crippen molar-refractivity contribution in [3.63, 3.8) is 0 Å². The van der Waals surface area contributed by atoms with Gasteiger partial charge >= 0.3 is 0 Å². The van der Waals surface area contributed by atoms with Crippen LogP contribution in [0.2, 0.25) is 0 Å². The molecule has 4 rings (SSSR count). The third-order valence-corrected chi connectivity index (χ3v) is 5.72. The highest BCUT2D eigenvalue weighted by Gasteiger charge is 2.09. The molecule has 4 heteroatoms. The predicted molar refractivity (Wildman–Crippen MR) is 135 cm³/mol. The second kappa shape index (κ2) is 10.9. The van der Waals surface area contributed by atoms with E-state index in [1.54, 1.807) is 0 Å². The highest BCUT2D eigenvalue weighted by molar-refractivity contribution is 5.84. The summed E-state index contributed by atoms with van der Waals surface area (Å²) in [5.74, 6) is 0.954. The zero-order valence-corrected chi connectivity index (χ0v) is 19.5. The lowest BCUT2D eigenvalue weighted by molar-refractivity contribution is -0.121. The van der Waals surface area contributed by atoms with E-state index in [0.29, 0.717) is 13.0 Å². The lowest BCUT2D eigenvalue weighted by Gasteiger charge is -2.10. The van der Waals surface area contributed by atoms with Crippen LogP contribution in [-0.2, 0) is 24.2 Å². The van der Waals surface area contributed by atoms with Gasteiger partial charge in [0.25, 0.3) is 0 Å². The Morgan fingerprint density at radius 1 is 0.879 bits per heavy atom. The fourth-order valence-electron chi connectivity index (χ4n) is 4.12. The molecule has 0 aliphatic heterocycles. The second-order valence-electron chi connectivity index (χ2n) is 8.70. The standard InChI is InChI=1S/C29H32N2O2/c1-22(2)33-26-15-12-23(13-16-26)14-17-29(32)30-19-18-25-21-31(20-24-8-4-3-5-9-24)28-11-7-6-10-27(25)28/h3-13,15-16,21-22H,14,17-20H2,1-2H3,(H,30,32). The third-order valence-electron chi connectivity index (χ3n) is 5.72. The summed E-state index contributed by atoms with van der Waals surface area (Å²) in [5, 5.41) is 4.35. The van der Waals surface area contributed by atoms with Crippen molar-refractivity contribution in [1.82, 2.24) is 9.88 Å². The Balaban J connectivity index is 1.30. The van der Waals surface area contributed by atoms with Gasteiger partial charge in [0.1, 0.15) is 5.75 Å². The zero-order chi connectivity index (χ0) is 23.0. The van der Waals surface area contributed by atoms with Crippen LogP contribution in [0.5, 0.6) is 5.75 Å². The molecule has 0 unspecified atom stereocenters. The van der Waals surface area contributed by atoms with Crippen molar-refractivity contribution < 1.29 is 9.53 Å². The van der Waals surface area contributed by atoms with Gasteiger partial charge in [0.05, 0.1) is 6.10 Å². The van der Waals surface area contributed by atoms with Crippen molar-refractivity contribution in [2.24, 2.45) is 0 Å². The average molecular weight is 441 g/mol. The lowest BCUT2D eigenvalue weighted by atomic mass is 10.1. The van der Waals surface area contributed by atoms with Crippen molar-refractivity contribution >= 4 is 16.8 Å². The quantitative estimate of drug-likeness (QED) is 0.340. The highest BCUT2D eigenvalue weighted by Crippen LogP contribution is 2.23. The van der Waals surface area contributed by atoms with Gasteiger partial charge in [-0.2, -0.15) is 0 Å². The van der Waals surface area contributed by atoms with Crippen LogP contribution in [0.1, 0.15) is 37.0 Å². The summed E-state index contributed by atoms with van der Waals surface area (Å²) in [6, 6.07) is 27.0. The van der Waals surface area contributed by atoms with Crippen LogP contribution in [0, 0.1) is 0 Å². The number of nitrogens with one attached hydrogen (secondary N) is 1. The molecule has 1 heterocycles. The Morgan fingerprint density at radius 2 is 1.61 bits per heavy atom. The van der Waals surface area contributed by atoms with E-state index in [-0.39, 0.29) is 12.0 Å². The number of para-hydroxylation sites is 1. The van der Waals surface area contributed by atoms with E-state index in [1.165, 1.54) is 22.0 Å². The number of aromatic nitrogens is 1. The largest absolute Gasteiger partial charge is 0.491 e. The van der Waals surface area contributed by atoms with E-state index in [2.05, 4.69) is 64.6 Å². The van der Waals surface area contributed by atoms with Gasteiger partial charge in [-0.25, -0.2) is 0 Å². The number of hydrogen-bond acceptors (Lipinski definition) is 2. The van der Waals surface area contributed by atoms with Crippen LogP contribution in [0.4, 0.5) is 0 Å². The Bertz CT molecular complexity index is 1180. The van der Waals surface area contributed by atoms with Crippen LogP contribution >= 0.6 is 0 Å². The fraction of sp³-hybridized carbons (Fsp3) is 0.276. The van der Waals surface area contributed by atoms with Gasteiger partial charge in [-0.1, -0.05) is 60.7 Å². The first kappa shape index (κ1) is 22.7. The first-order chi connectivity index (χ1) is 16.1. The Morgan fingerprint density at radius 3 is 2.36 bits per heavy atom. The molecule has 4 aromatic rings. The summed E-state index contributed by atoms with van der Waals surface area (Å²) >= 11 is 0. The van der Waals surface area contributed by atoms with Gasteiger partial charge in [0.2, 0.25) is 5.91 Å². The molecule has 0 fully saturated rings. The van der Waals surface area contributed by atoms with E-state index < -0.39 is 0 Å². The smallest absolute Gasteiger partial charge is 0.220 e. The fourth-order valence-corrected chi connectivity index (χ4v) is 4.12. The molecular formula is C29H32N2O2. The molecule has 33 heavy (non-hydrogen) atoms. The topological polar surface area (TPSA) is 43.3 Å². The van der Waals surface area contributed by atoms with Crippen molar-refractivity contribution in [3.8, 4) is 5.75 Å². The van der Waals surface area contributed by atoms with Crippen molar-refractivity contribution in [2.45, 2.75) is 45.8 Å². The number of hydrogen-bond donors (Lipinski definition) is 1. The number of carbonyl (C=O) groups is 1. The molecule has 0 atom stereocenters. The molecule has 170 valence electrons. The molecule has 3 aromatic carbocycles. The molecule has 4 nitrogen and oxygen atoms in total. The van der Waals surface area contributed by atoms with Gasteiger partial charge in [-0.3, -0.25) is 4.79 Å². The van der Waals surface area contributed by atoms with E-state index in [1.807, 2.05) is 44.2 Å². The van der Waals surface area contributed by atoms with Gasteiger partial charge in [-0.05, 0) is 61.6 Å². The van der Waals surface area contributed by atoms with Crippen molar-refractivity contribution in [2.75, 3.05) is 6.54 Å². The molecule has 0 aliphatic carbocycles. The minimum Gasteiger partial charge on any atom is -0.491 e. The van der Waals surface area contributed by atoms with Crippen LogP contribution in [0.3, 0.4) is 0 Å². The highest BCUT2D eigenvalue weighted by atomic mass is 16.5. The Kier molecular flexibility index (Phi) is 7.46. The molecular weight excluding hydrogens is 408 g/mol. The summed E-state index contributed by atoms with van der Waals surface area (Å²) < 4.78 is 7.97. The van der Waals surface area contributed by atoms with Gasteiger partial charge in [0.15, 0.2) is 0 Å². The summed E-state index contributed by atoms with van der Waals surface area (Å²) in [7, 11) is 0. The maximum Gasteiger partial charge on any atom is 0.220 e. The second-order valence-corrected chi connectivity index (χ2v) is 8.70. The predicted octanol–water partition coefficient (Wildman–Crippen LogP) is 5.77. The van der Waals surface area contributed by atoms with E-state index in [0.717, 1.165) is 30.7 Å². The first-order valence-electron chi connectivity index (χ1n) is 11.7. The first-order valence-corrected chi connectivity index (χ1v) is 11.7. The number of ether oxygens (including phenoxy) is 1. The van der Waals surface area contributed by atoms with E-state index in [9.17, 15) is 4.79 Å². The molecule has 1 amide bonds. The summed E-state index contributed by atoms with van der Waals surface area (Å²) in [4.78, 5) is 12.4. The molecule has 0 saturated heterocycles. The van der Waals surface area contributed by atoms with Gasteiger partial charge < -0.3 is 14.6 Å². The minimum absolute atomic E-state index is 0.0885. The number of carbonyl (C=O) groups excluding carboxylic acids is 1. The van der Waals surface area contributed by atoms with E-state index >= 15 is 0 Å². The number of nitrogens with zero attached hydrogens (tertiary/aromatic N) is 1. The number of rotatable bonds is 10. The Hall–Kier alpha value is -3.53. The van der Waals surface area contributed by atoms with Gasteiger partial charge in [-0.15, -0.1) is 0 Å². The summed E-state index contributed by atoms with van der Waals surface area (Å²) in [5.41, 5.74) is 4.92. The number of benzene rings is 3. The zero-order valence-electron chi connectivity index (χ0n) is 19.5. The van der Waals surface area contributed by atoms with Gasteiger partial charge in [0, 0.05) is 36.6 Å². The minimum atomic E-state index is 0.0885. The molecule has 0 bridgehead atoms. The molecule has 0 spiro atoms. The number of amides is 1. The molecule has 0 radical (unpaired) electrons. The summed E-state index contributed by atoms with van der Waals surface area (Å²) in [6.45, 7) is 5.51. The monoisotopic (exact) mass is 440 g/mol. The normalized spacial score (nSPS) is 11.1. The van der Waals surface area contributed by atoms with Crippen LogP contribution in [0.15, 0.2) is 85.1 Å². The average Bonchev–Trinajstić information content (AvgIpc) is 3.16. The summed E-state index contributed by atoms with van der Waals surface area (Å²) in [6.07, 6.45) is 4.42. The van der Waals surface area contributed by atoms with Crippen molar-refractivity contribution in [1.29, 1.82) is 0 Å². The maximum atomic E-state index is 12.4. The van der Waals surface area contributed by atoms with E-state index in [4.69, 9.17) is 4.74 Å². The molecule has 1 aromatic heterocycles. The number of fused-ring (bicyclic) bond motifs is 1. The molecule has 0 aliphatic rings. The van der Waals surface area contributed by atoms with Crippen LogP contribution in [0.25, 0.3) is 10.9 Å². The third kappa shape index (κ3) is 6.26. The van der Waals surface area contributed by atoms with Crippen LogP contribution in [-0.4, -0.2) is 23.1 Å². The Labute approximate surface area is 196 Å². The number of aryl methyl sites for hydroxylation is 1. The van der Waals surface area contributed by atoms with Crippen LogP contribution < -0.4 is 10.1 Å². The molecule has 1 N–H and O–H groups in total. The SMILES string of the molecule is CC(C)Oc1ccc(CCC(=O)NCCc2cn(Cc3ccccc3)c3ccccc23)cc1.